The lowest BCUT2D eigenvalue weighted by Crippen LogP contribution is -2.51. The average molecular weight is 470 g/mol. The van der Waals surface area contributed by atoms with E-state index in [4.69, 9.17) is 17.2 Å². The highest BCUT2D eigenvalue weighted by molar-refractivity contribution is 7.99. The van der Waals surface area contributed by atoms with E-state index < -0.39 is 11.7 Å². The van der Waals surface area contributed by atoms with Crippen molar-refractivity contribution in [2.24, 2.45) is 10.4 Å². The third kappa shape index (κ3) is 4.67. The van der Waals surface area contributed by atoms with Gasteiger partial charge in [-0.15, -0.1) is 0 Å². The lowest BCUT2D eigenvalue weighted by molar-refractivity contribution is -0.137. The molecule has 0 bridgehead atoms. The number of nitrogens with zero attached hydrogens (tertiary/aromatic N) is 3. The van der Waals surface area contributed by atoms with E-state index in [1.54, 1.807) is 6.07 Å². The molecule has 0 N–H and O–H groups in total. The minimum atomic E-state index is -4.39. The first-order chi connectivity index (χ1) is 14.7. The summed E-state index contributed by atoms with van der Waals surface area (Å²) in [5.41, 5.74) is -0.573. The summed E-state index contributed by atoms with van der Waals surface area (Å²) in [6.07, 6.45) is 1.23. The maximum Gasteiger partial charge on any atom is 0.416 e. The van der Waals surface area contributed by atoms with E-state index in [2.05, 4.69) is 18.7 Å². The molecule has 1 aromatic rings. The second-order valence-electron chi connectivity index (χ2n) is 9.24. The van der Waals surface area contributed by atoms with E-state index in [-0.39, 0.29) is 17.5 Å². The zero-order chi connectivity index (χ0) is 22.2. The van der Waals surface area contributed by atoms with E-state index in [0.717, 1.165) is 62.2 Å². The van der Waals surface area contributed by atoms with Gasteiger partial charge in [-0.05, 0) is 31.0 Å². The highest BCUT2D eigenvalue weighted by Gasteiger charge is 2.52. The molecule has 8 heteroatoms. The summed E-state index contributed by atoms with van der Waals surface area (Å²) in [4.78, 5) is 10.2. The fourth-order valence-electron chi connectivity index (χ4n) is 5.01. The predicted molar refractivity (Wildman–Crippen MR) is 127 cm³/mol. The summed E-state index contributed by atoms with van der Waals surface area (Å²) in [6, 6.07) is 5.73. The van der Waals surface area contributed by atoms with Gasteiger partial charge in [0.05, 0.1) is 22.6 Å². The van der Waals surface area contributed by atoms with Gasteiger partial charge in [-0.3, -0.25) is 14.8 Å². The van der Waals surface area contributed by atoms with Crippen molar-refractivity contribution in [2.75, 3.05) is 29.5 Å². The molecule has 0 aromatic heterocycles. The van der Waals surface area contributed by atoms with Crippen molar-refractivity contribution < 1.29 is 13.2 Å². The fourth-order valence-corrected chi connectivity index (χ4v) is 6.25. The molecule has 1 atom stereocenters. The van der Waals surface area contributed by atoms with Gasteiger partial charge in [0.15, 0.2) is 0 Å². The molecule has 0 radical (unpaired) electrons. The van der Waals surface area contributed by atoms with Gasteiger partial charge in [-0.2, -0.15) is 24.9 Å². The smallest absolute Gasteiger partial charge is 0.291 e. The number of thioether (sulfide) groups is 1. The number of thiocarbonyl (C=S) groups is 1. The number of halogens is 3. The minimum Gasteiger partial charge on any atom is -0.291 e. The van der Waals surface area contributed by atoms with Crippen LogP contribution in [0, 0.1) is 5.41 Å². The Labute approximate surface area is 192 Å². The molecule has 170 valence electrons. The number of rotatable bonds is 3. The van der Waals surface area contributed by atoms with E-state index in [1.165, 1.54) is 18.6 Å². The zero-order valence-electron chi connectivity index (χ0n) is 18.1. The molecule has 1 aromatic carbocycles. The van der Waals surface area contributed by atoms with Crippen LogP contribution in [0.15, 0.2) is 29.3 Å². The Morgan fingerprint density at radius 3 is 2.42 bits per heavy atom. The van der Waals surface area contributed by atoms with E-state index in [9.17, 15) is 13.2 Å². The molecule has 3 fully saturated rings. The number of amidine groups is 1. The van der Waals surface area contributed by atoms with Crippen LogP contribution in [0.3, 0.4) is 0 Å². The van der Waals surface area contributed by atoms with Crippen molar-refractivity contribution in [1.82, 2.24) is 4.90 Å². The average Bonchev–Trinajstić information content (AvgIpc) is 2.94. The maximum atomic E-state index is 13.4. The Hall–Kier alpha value is -1.12. The first-order valence-electron chi connectivity index (χ1n) is 11.1. The number of hydrogen-bond acceptors (Lipinski definition) is 4. The van der Waals surface area contributed by atoms with Crippen LogP contribution in [0.5, 0.6) is 0 Å². The Morgan fingerprint density at radius 2 is 1.77 bits per heavy atom. The number of alkyl halides is 3. The molecule has 2 heterocycles. The van der Waals surface area contributed by atoms with E-state index in [0.29, 0.717) is 10.7 Å². The van der Waals surface area contributed by atoms with Crippen molar-refractivity contribution in [3.8, 4) is 0 Å². The van der Waals surface area contributed by atoms with Crippen molar-refractivity contribution in [3.05, 3.63) is 29.8 Å². The molecular formula is C23H30F3N3S2. The Balaban J connectivity index is 1.80. The monoisotopic (exact) mass is 469 g/mol. The third-order valence-electron chi connectivity index (χ3n) is 6.64. The van der Waals surface area contributed by atoms with Crippen LogP contribution in [0.25, 0.3) is 0 Å². The minimum absolute atomic E-state index is 0.0163. The maximum absolute atomic E-state index is 13.4. The summed E-state index contributed by atoms with van der Waals surface area (Å²) in [6.45, 7) is 6.13. The SMILES string of the molecule is CC1(C)C(=S)N(c2cccc(C(F)(F)F)c2)C(=NC2CCCCC2)[C@@H]1N1CCSCC1. The van der Waals surface area contributed by atoms with Gasteiger partial charge in [0, 0.05) is 35.7 Å². The summed E-state index contributed by atoms with van der Waals surface area (Å²) in [7, 11) is 0. The van der Waals surface area contributed by atoms with Crippen LogP contribution < -0.4 is 4.90 Å². The molecule has 1 saturated carbocycles. The topological polar surface area (TPSA) is 18.8 Å². The highest BCUT2D eigenvalue weighted by atomic mass is 32.2. The van der Waals surface area contributed by atoms with Crippen LogP contribution in [0.1, 0.15) is 51.5 Å². The molecule has 3 nitrogen and oxygen atoms in total. The zero-order valence-corrected chi connectivity index (χ0v) is 19.8. The first-order valence-corrected chi connectivity index (χ1v) is 12.7. The molecule has 3 aliphatic rings. The van der Waals surface area contributed by atoms with Gasteiger partial charge in [0.1, 0.15) is 5.84 Å². The second kappa shape index (κ2) is 9.02. The molecule has 0 amide bonds. The number of anilines is 1. The van der Waals surface area contributed by atoms with Gasteiger partial charge in [-0.1, -0.05) is 51.4 Å². The summed E-state index contributed by atoms with van der Waals surface area (Å²) < 4.78 is 40.3. The van der Waals surface area contributed by atoms with Gasteiger partial charge < -0.3 is 0 Å². The van der Waals surface area contributed by atoms with Gasteiger partial charge >= 0.3 is 6.18 Å². The second-order valence-corrected chi connectivity index (χ2v) is 10.9. The quantitative estimate of drug-likeness (QED) is 0.503. The van der Waals surface area contributed by atoms with Gasteiger partial charge in [-0.25, -0.2) is 0 Å². The van der Waals surface area contributed by atoms with Crippen LogP contribution >= 0.6 is 24.0 Å². The highest BCUT2D eigenvalue weighted by Crippen LogP contribution is 2.42. The Morgan fingerprint density at radius 1 is 1.10 bits per heavy atom. The van der Waals surface area contributed by atoms with E-state index >= 15 is 0 Å². The molecule has 4 rings (SSSR count). The largest absolute Gasteiger partial charge is 0.416 e. The number of aliphatic imine (C=N–C) groups is 1. The Bertz CT molecular complexity index is 841. The van der Waals surface area contributed by atoms with Crippen molar-refractivity contribution >= 4 is 40.5 Å². The summed E-state index contributed by atoms with van der Waals surface area (Å²) in [5.74, 6) is 2.95. The fraction of sp³-hybridized carbons (Fsp3) is 0.652. The third-order valence-corrected chi connectivity index (χ3v) is 8.29. The molecule has 2 saturated heterocycles. The van der Waals surface area contributed by atoms with Crippen molar-refractivity contribution in [2.45, 2.75) is 64.2 Å². The van der Waals surface area contributed by atoms with Gasteiger partial charge in [0.2, 0.25) is 0 Å². The normalized spacial score (nSPS) is 27.3. The van der Waals surface area contributed by atoms with Crippen LogP contribution in [0.4, 0.5) is 18.9 Å². The van der Waals surface area contributed by atoms with Crippen molar-refractivity contribution in [1.29, 1.82) is 0 Å². The molecule has 1 aliphatic carbocycles. The lowest BCUT2D eigenvalue weighted by atomic mass is 9.85. The van der Waals surface area contributed by atoms with Crippen molar-refractivity contribution in [3.63, 3.8) is 0 Å². The standard InChI is InChI=1S/C23H30F3N3S2/c1-22(2)19(28-11-13-31-14-12-28)20(27-17-8-4-3-5-9-17)29(21(22)30)18-10-6-7-16(15-18)23(24,25)26/h6-7,10,15,17,19H,3-5,8-9,11-14H2,1-2H3/t19-/m0/s1. The molecule has 0 spiro atoms. The number of benzene rings is 1. The summed E-state index contributed by atoms with van der Waals surface area (Å²) in [5, 5.41) is 0. The van der Waals surface area contributed by atoms with Crippen LogP contribution in [-0.4, -0.2) is 52.4 Å². The van der Waals surface area contributed by atoms with Crippen LogP contribution in [0.2, 0.25) is 0 Å². The number of hydrogen-bond donors (Lipinski definition) is 0. The predicted octanol–water partition coefficient (Wildman–Crippen LogP) is 6.03. The Kier molecular flexibility index (Phi) is 6.71. The molecule has 31 heavy (non-hydrogen) atoms. The molecule has 2 aliphatic heterocycles. The van der Waals surface area contributed by atoms with E-state index in [1.807, 2.05) is 16.7 Å². The molecular weight excluding hydrogens is 439 g/mol. The summed E-state index contributed by atoms with van der Waals surface area (Å²) >= 11 is 7.86. The molecule has 0 unspecified atom stereocenters. The van der Waals surface area contributed by atoms with Gasteiger partial charge in [0.25, 0.3) is 0 Å². The van der Waals surface area contributed by atoms with Crippen LogP contribution in [-0.2, 0) is 6.18 Å². The first kappa shape index (κ1) is 23.1. The lowest BCUT2D eigenvalue weighted by Gasteiger charge is -2.38.